The predicted octanol–water partition coefficient (Wildman–Crippen LogP) is 2.94. The van der Waals surface area contributed by atoms with Crippen molar-refractivity contribution in [2.75, 3.05) is 19.5 Å². The predicted molar refractivity (Wildman–Crippen MR) is 91.6 cm³/mol. The van der Waals surface area contributed by atoms with Gasteiger partial charge in [0.2, 0.25) is 11.7 Å². The molecule has 7 nitrogen and oxygen atoms in total. The lowest BCUT2D eigenvalue weighted by molar-refractivity contribution is -0.115. The van der Waals surface area contributed by atoms with E-state index in [-0.39, 0.29) is 18.1 Å². The number of nitrogens with zero attached hydrogens (tertiary/aromatic N) is 2. The molecule has 0 aliphatic carbocycles. The minimum atomic E-state index is -0.205. The SMILES string of the molecule is COc1ccc(-c2nonc2NC(=O)Cc2ccccc2)cc1OC. The van der Waals surface area contributed by atoms with Crippen LogP contribution in [-0.4, -0.2) is 30.4 Å². The molecule has 0 radical (unpaired) electrons. The van der Waals surface area contributed by atoms with E-state index >= 15 is 0 Å². The molecule has 0 unspecified atom stereocenters. The van der Waals surface area contributed by atoms with Crippen LogP contribution in [0.3, 0.4) is 0 Å². The molecular weight excluding hydrogens is 322 g/mol. The molecule has 3 aromatic rings. The number of amides is 1. The molecule has 128 valence electrons. The van der Waals surface area contributed by atoms with E-state index < -0.39 is 0 Å². The van der Waals surface area contributed by atoms with E-state index in [1.54, 1.807) is 32.4 Å². The summed E-state index contributed by atoms with van der Waals surface area (Å²) in [5.74, 6) is 1.19. The third kappa shape index (κ3) is 3.77. The standard InChI is InChI=1S/C18H17N3O4/c1-23-14-9-8-13(11-15(14)24-2)17-18(21-25-20-17)19-16(22)10-12-6-4-3-5-7-12/h3-9,11H,10H2,1-2H3,(H,19,21,22). The third-order valence-corrected chi connectivity index (χ3v) is 3.61. The Balaban J connectivity index is 1.80. The molecule has 0 spiro atoms. The van der Waals surface area contributed by atoms with Crippen LogP contribution in [0.4, 0.5) is 5.82 Å². The summed E-state index contributed by atoms with van der Waals surface area (Å²) in [6, 6.07) is 14.7. The Labute approximate surface area is 144 Å². The van der Waals surface area contributed by atoms with Crippen LogP contribution >= 0.6 is 0 Å². The number of methoxy groups -OCH3 is 2. The van der Waals surface area contributed by atoms with Gasteiger partial charge in [-0.2, -0.15) is 0 Å². The highest BCUT2D eigenvalue weighted by Crippen LogP contribution is 2.33. The highest BCUT2D eigenvalue weighted by atomic mass is 16.6. The van der Waals surface area contributed by atoms with Crippen LogP contribution in [0.2, 0.25) is 0 Å². The first-order valence-corrected chi connectivity index (χ1v) is 7.60. The second-order valence-corrected chi connectivity index (χ2v) is 5.24. The molecule has 2 aromatic carbocycles. The van der Waals surface area contributed by atoms with Gasteiger partial charge in [0.25, 0.3) is 0 Å². The van der Waals surface area contributed by atoms with E-state index in [0.717, 1.165) is 5.56 Å². The van der Waals surface area contributed by atoms with E-state index in [1.165, 1.54) is 0 Å². The van der Waals surface area contributed by atoms with Gasteiger partial charge < -0.3 is 14.8 Å². The number of benzene rings is 2. The molecule has 0 aliphatic rings. The number of rotatable bonds is 6. The zero-order valence-corrected chi connectivity index (χ0v) is 13.9. The highest BCUT2D eigenvalue weighted by molar-refractivity contribution is 5.94. The monoisotopic (exact) mass is 339 g/mol. The Morgan fingerprint density at radius 1 is 1.04 bits per heavy atom. The Morgan fingerprint density at radius 3 is 2.52 bits per heavy atom. The lowest BCUT2D eigenvalue weighted by atomic mass is 10.1. The molecule has 1 N–H and O–H groups in total. The van der Waals surface area contributed by atoms with Crippen molar-refractivity contribution in [2.24, 2.45) is 0 Å². The van der Waals surface area contributed by atoms with Gasteiger partial charge in [0.1, 0.15) is 0 Å². The summed E-state index contributed by atoms with van der Waals surface area (Å²) >= 11 is 0. The molecule has 0 bridgehead atoms. The minimum absolute atomic E-state index is 0.205. The van der Waals surface area contributed by atoms with Gasteiger partial charge >= 0.3 is 0 Å². The molecule has 0 saturated carbocycles. The Kier molecular flexibility index (Phi) is 4.94. The summed E-state index contributed by atoms with van der Waals surface area (Å²) in [6.45, 7) is 0. The Morgan fingerprint density at radius 2 is 1.80 bits per heavy atom. The van der Waals surface area contributed by atoms with Crippen LogP contribution in [0, 0.1) is 0 Å². The first-order chi connectivity index (χ1) is 12.2. The molecule has 0 atom stereocenters. The summed E-state index contributed by atoms with van der Waals surface area (Å²) in [4.78, 5) is 12.2. The van der Waals surface area contributed by atoms with E-state index in [9.17, 15) is 4.79 Å². The summed E-state index contributed by atoms with van der Waals surface area (Å²) in [6.07, 6.45) is 0.235. The molecule has 7 heteroatoms. The van der Waals surface area contributed by atoms with Crippen molar-refractivity contribution in [3.63, 3.8) is 0 Å². The number of anilines is 1. The van der Waals surface area contributed by atoms with Crippen molar-refractivity contribution in [1.29, 1.82) is 0 Å². The average molecular weight is 339 g/mol. The summed E-state index contributed by atoms with van der Waals surface area (Å²) in [5, 5.41) is 10.4. The third-order valence-electron chi connectivity index (χ3n) is 3.61. The molecule has 0 aliphatic heterocycles. The van der Waals surface area contributed by atoms with Gasteiger partial charge in [0, 0.05) is 5.56 Å². The summed E-state index contributed by atoms with van der Waals surface area (Å²) in [7, 11) is 3.11. The molecule has 1 amide bonds. The smallest absolute Gasteiger partial charge is 0.230 e. The topological polar surface area (TPSA) is 86.5 Å². The van der Waals surface area contributed by atoms with E-state index in [2.05, 4.69) is 15.6 Å². The van der Waals surface area contributed by atoms with E-state index in [4.69, 9.17) is 14.1 Å². The van der Waals surface area contributed by atoms with Gasteiger partial charge in [-0.25, -0.2) is 4.63 Å². The van der Waals surface area contributed by atoms with Gasteiger partial charge in [-0.3, -0.25) is 4.79 Å². The zero-order chi connectivity index (χ0) is 17.6. The average Bonchev–Trinajstić information content (AvgIpc) is 3.09. The van der Waals surface area contributed by atoms with Gasteiger partial charge in [-0.1, -0.05) is 30.3 Å². The second-order valence-electron chi connectivity index (χ2n) is 5.24. The molecule has 1 heterocycles. The number of carbonyl (C=O) groups excluding carboxylic acids is 1. The first kappa shape index (κ1) is 16.5. The van der Waals surface area contributed by atoms with Crippen LogP contribution in [0.1, 0.15) is 5.56 Å². The Bertz CT molecular complexity index is 862. The van der Waals surface area contributed by atoms with Gasteiger partial charge in [0.05, 0.1) is 20.6 Å². The number of carbonyl (C=O) groups is 1. The van der Waals surface area contributed by atoms with Crippen molar-refractivity contribution >= 4 is 11.7 Å². The number of nitrogens with one attached hydrogen (secondary N) is 1. The number of hydrogen-bond donors (Lipinski definition) is 1. The maximum Gasteiger partial charge on any atom is 0.230 e. The van der Waals surface area contributed by atoms with Gasteiger partial charge in [0.15, 0.2) is 17.2 Å². The fourth-order valence-electron chi connectivity index (χ4n) is 2.40. The van der Waals surface area contributed by atoms with Crippen LogP contribution in [0.25, 0.3) is 11.3 Å². The number of hydrogen-bond acceptors (Lipinski definition) is 6. The lowest BCUT2D eigenvalue weighted by Crippen LogP contribution is -2.15. The van der Waals surface area contributed by atoms with Gasteiger partial charge in [-0.15, -0.1) is 0 Å². The normalized spacial score (nSPS) is 10.3. The number of ether oxygens (including phenoxy) is 2. The molecule has 3 rings (SSSR count). The van der Waals surface area contributed by atoms with Crippen molar-refractivity contribution in [3.05, 3.63) is 54.1 Å². The molecule has 1 aromatic heterocycles. The van der Waals surface area contributed by atoms with Crippen LogP contribution < -0.4 is 14.8 Å². The maximum atomic E-state index is 12.2. The molecule has 0 fully saturated rings. The van der Waals surface area contributed by atoms with Crippen molar-refractivity contribution in [2.45, 2.75) is 6.42 Å². The second kappa shape index (κ2) is 7.48. The van der Waals surface area contributed by atoms with E-state index in [1.807, 2.05) is 30.3 Å². The van der Waals surface area contributed by atoms with Crippen LogP contribution in [-0.2, 0) is 11.2 Å². The van der Waals surface area contributed by atoms with Gasteiger partial charge in [-0.05, 0) is 34.1 Å². The molecule has 0 saturated heterocycles. The quantitative estimate of drug-likeness (QED) is 0.743. The zero-order valence-electron chi connectivity index (χ0n) is 13.9. The first-order valence-electron chi connectivity index (χ1n) is 7.60. The van der Waals surface area contributed by atoms with Crippen LogP contribution in [0.5, 0.6) is 11.5 Å². The largest absolute Gasteiger partial charge is 0.493 e. The van der Waals surface area contributed by atoms with Crippen LogP contribution in [0.15, 0.2) is 53.2 Å². The summed E-state index contributed by atoms with van der Waals surface area (Å²) < 4.78 is 15.3. The Hall–Kier alpha value is -3.35. The fourth-order valence-corrected chi connectivity index (χ4v) is 2.40. The minimum Gasteiger partial charge on any atom is -0.493 e. The molecular formula is C18H17N3O4. The van der Waals surface area contributed by atoms with Crippen molar-refractivity contribution < 1.29 is 18.9 Å². The fraction of sp³-hybridized carbons (Fsp3) is 0.167. The number of aromatic nitrogens is 2. The van der Waals surface area contributed by atoms with Crippen molar-refractivity contribution in [1.82, 2.24) is 10.3 Å². The lowest BCUT2D eigenvalue weighted by Gasteiger charge is -2.09. The maximum absolute atomic E-state index is 12.2. The summed E-state index contributed by atoms with van der Waals surface area (Å²) in [5.41, 5.74) is 2.01. The highest BCUT2D eigenvalue weighted by Gasteiger charge is 2.17. The van der Waals surface area contributed by atoms with E-state index in [0.29, 0.717) is 22.8 Å². The van der Waals surface area contributed by atoms with Crippen molar-refractivity contribution in [3.8, 4) is 22.8 Å². The molecule has 25 heavy (non-hydrogen) atoms.